The van der Waals surface area contributed by atoms with E-state index < -0.39 is 10.0 Å². The summed E-state index contributed by atoms with van der Waals surface area (Å²) < 4.78 is 35.4. The van der Waals surface area contributed by atoms with Crippen LogP contribution in [0, 0.1) is 6.92 Å². The van der Waals surface area contributed by atoms with Gasteiger partial charge in [0.25, 0.3) is 10.0 Å². The molecule has 0 unspecified atom stereocenters. The van der Waals surface area contributed by atoms with Gasteiger partial charge in [-0.2, -0.15) is 4.31 Å². The number of hydrogen-bond acceptors (Lipinski definition) is 7. The predicted molar refractivity (Wildman–Crippen MR) is 139 cm³/mol. The van der Waals surface area contributed by atoms with Crippen LogP contribution in [0.25, 0.3) is 0 Å². The average Bonchev–Trinajstić information content (AvgIpc) is 3.47. The van der Waals surface area contributed by atoms with Crippen LogP contribution in [0.15, 0.2) is 35.7 Å². The summed E-state index contributed by atoms with van der Waals surface area (Å²) in [5.74, 6) is 0.648. The van der Waals surface area contributed by atoms with Gasteiger partial charge in [0.2, 0.25) is 5.91 Å². The fourth-order valence-electron chi connectivity index (χ4n) is 5.24. The number of likely N-dealkylation sites (tertiary alicyclic amines) is 1. The standard InChI is InChI=1S/C25H38N6O4S/c1-19-14-30(15-20(2)31(19)36(33,34)25-17-28(4)18-26-25)16-24(32)27-22-8-7-9-23(21(22)3)35-13-12-29-10-5-6-11-29/h7-9,17-20H,5-6,10-16H2,1-4H3,(H,27,32)/t19-,20+. The Balaban J connectivity index is 1.32. The molecule has 0 saturated carbocycles. The molecule has 0 spiro atoms. The molecule has 0 radical (unpaired) electrons. The lowest BCUT2D eigenvalue weighted by Gasteiger charge is -2.42. The van der Waals surface area contributed by atoms with Gasteiger partial charge in [0.05, 0.1) is 12.9 Å². The van der Waals surface area contributed by atoms with Gasteiger partial charge >= 0.3 is 0 Å². The highest BCUT2D eigenvalue weighted by Gasteiger charge is 2.39. The van der Waals surface area contributed by atoms with E-state index in [0.29, 0.717) is 19.7 Å². The lowest BCUT2D eigenvalue weighted by Crippen LogP contribution is -2.59. The fourth-order valence-corrected chi connectivity index (χ4v) is 7.02. The molecule has 36 heavy (non-hydrogen) atoms. The van der Waals surface area contributed by atoms with E-state index in [-0.39, 0.29) is 29.6 Å². The minimum absolute atomic E-state index is 0.0490. The van der Waals surface area contributed by atoms with Crippen molar-refractivity contribution < 1.29 is 17.9 Å². The van der Waals surface area contributed by atoms with Crippen molar-refractivity contribution in [3.8, 4) is 5.75 Å². The molecule has 2 saturated heterocycles. The van der Waals surface area contributed by atoms with Gasteiger partial charge < -0.3 is 14.6 Å². The Labute approximate surface area is 214 Å². The van der Waals surface area contributed by atoms with Crippen molar-refractivity contribution in [1.29, 1.82) is 0 Å². The molecule has 3 heterocycles. The smallest absolute Gasteiger partial charge is 0.262 e. The molecule has 0 bridgehead atoms. The maximum atomic E-state index is 13.1. The number of hydrogen-bond donors (Lipinski definition) is 1. The first-order valence-corrected chi connectivity index (χ1v) is 14.1. The molecule has 1 aromatic heterocycles. The molecular formula is C25H38N6O4S. The average molecular weight is 519 g/mol. The van der Waals surface area contributed by atoms with Crippen LogP contribution < -0.4 is 10.1 Å². The number of sulfonamides is 1. The van der Waals surface area contributed by atoms with E-state index >= 15 is 0 Å². The Morgan fingerprint density at radius 2 is 1.83 bits per heavy atom. The molecule has 10 nitrogen and oxygen atoms in total. The number of benzene rings is 1. The lowest BCUT2D eigenvalue weighted by atomic mass is 10.1. The van der Waals surface area contributed by atoms with Crippen molar-refractivity contribution in [3.05, 3.63) is 36.3 Å². The summed E-state index contributed by atoms with van der Waals surface area (Å²) in [7, 11) is -1.96. The van der Waals surface area contributed by atoms with Gasteiger partial charge in [-0.25, -0.2) is 13.4 Å². The van der Waals surface area contributed by atoms with Crippen LogP contribution in [-0.4, -0.2) is 95.9 Å². The highest BCUT2D eigenvalue weighted by molar-refractivity contribution is 7.89. The minimum atomic E-state index is -3.71. The SMILES string of the molecule is Cc1c(NC(=O)CN2C[C@@H](C)N(S(=O)(=O)c3cn(C)cn3)[C@@H](C)C2)cccc1OCCN1CCCC1. The second-order valence-corrected chi connectivity index (χ2v) is 11.8. The van der Waals surface area contributed by atoms with E-state index in [0.717, 1.165) is 36.6 Å². The first-order chi connectivity index (χ1) is 17.1. The number of anilines is 1. The molecule has 2 aromatic rings. The van der Waals surface area contributed by atoms with Crippen LogP contribution in [0.1, 0.15) is 32.3 Å². The third-order valence-electron chi connectivity index (χ3n) is 6.93. The van der Waals surface area contributed by atoms with Crippen molar-refractivity contribution in [1.82, 2.24) is 23.7 Å². The third-order valence-corrected chi connectivity index (χ3v) is 8.94. The first kappa shape index (κ1) is 26.6. The van der Waals surface area contributed by atoms with E-state index in [4.69, 9.17) is 4.74 Å². The molecular weight excluding hydrogens is 480 g/mol. The molecule has 198 valence electrons. The van der Waals surface area contributed by atoms with Crippen molar-refractivity contribution in [2.45, 2.75) is 50.7 Å². The van der Waals surface area contributed by atoms with Crippen LogP contribution in [0.3, 0.4) is 0 Å². The van der Waals surface area contributed by atoms with Crippen LogP contribution in [0.5, 0.6) is 5.75 Å². The number of carbonyl (C=O) groups is 1. The van der Waals surface area contributed by atoms with Gasteiger partial charge in [-0.3, -0.25) is 14.6 Å². The maximum absolute atomic E-state index is 13.1. The quantitative estimate of drug-likeness (QED) is 0.541. The molecule has 11 heteroatoms. The van der Waals surface area contributed by atoms with Crippen LogP contribution in [-0.2, 0) is 21.9 Å². The number of rotatable bonds is 9. The number of nitrogens with zero attached hydrogens (tertiary/aromatic N) is 5. The summed E-state index contributed by atoms with van der Waals surface area (Å²) in [5.41, 5.74) is 1.64. The van der Waals surface area contributed by atoms with E-state index in [9.17, 15) is 13.2 Å². The monoisotopic (exact) mass is 518 g/mol. The number of piperazine rings is 1. The zero-order chi connectivity index (χ0) is 25.9. The Morgan fingerprint density at radius 3 is 2.47 bits per heavy atom. The van der Waals surface area contributed by atoms with Crippen LogP contribution in [0.4, 0.5) is 5.69 Å². The molecule has 2 fully saturated rings. The molecule has 2 atom stereocenters. The fraction of sp³-hybridized carbons (Fsp3) is 0.600. The normalized spacial score (nSPS) is 22.1. The molecule has 1 N–H and O–H groups in total. The van der Waals surface area contributed by atoms with Crippen molar-refractivity contribution in [2.24, 2.45) is 7.05 Å². The summed E-state index contributed by atoms with van der Waals surface area (Å²) in [4.78, 5) is 21.4. The predicted octanol–water partition coefficient (Wildman–Crippen LogP) is 1.93. The number of carbonyl (C=O) groups excluding carboxylic acids is 1. The number of ether oxygens (including phenoxy) is 1. The summed E-state index contributed by atoms with van der Waals surface area (Å²) in [6, 6.07) is 5.12. The summed E-state index contributed by atoms with van der Waals surface area (Å²) in [6.07, 6.45) is 5.51. The summed E-state index contributed by atoms with van der Waals surface area (Å²) in [5, 5.41) is 3.06. The Kier molecular flexibility index (Phi) is 8.34. The van der Waals surface area contributed by atoms with Gasteiger partial charge in [-0.1, -0.05) is 6.07 Å². The van der Waals surface area contributed by atoms with Gasteiger partial charge in [0.15, 0.2) is 5.03 Å². The second-order valence-electron chi connectivity index (χ2n) is 9.98. The zero-order valence-electron chi connectivity index (χ0n) is 21.7. The maximum Gasteiger partial charge on any atom is 0.262 e. The van der Waals surface area contributed by atoms with Crippen LogP contribution >= 0.6 is 0 Å². The minimum Gasteiger partial charge on any atom is -0.492 e. The number of nitrogens with one attached hydrogen (secondary N) is 1. The van der Waals surface area contributed by atoms with Crippen molar-refractivity contribution >= 4 is 21.6 Å². The highest BCUT2D eigenvalue weighted by Crippen LogP contribution is 2.27. The Hall–Kier alpha value is -2.47. The first-order valence-electron chi connectivity index (χ1n) is 12.6. The van der Waals surface area contributed by atoms with Gasteiger partial charge in [0, 0.05) is 56.2 Å². The Bertz CT molecular complexity index is 1150. The van der Waals surface area contributed by atoms with Crippen molar-refractivity contribution in [3.63, 3.8) is 0 Å². The molecule has 0 aliphatic carbocycles. The topological polar surface area (TPSA) is 100 Å². The molecule has 2 aliphatic heterocycles. The largest absolute Gasteiger partial charge is 0.492 e. The summed E-state index contributed by atoms with van der Waals surface area (Å²) in [6.45, 7) is 10.6. The third kappa shape index (κ3) is 6.08. The van der Waals surface area contributed by atoms with Crippen LogP contribution in [0.2, 0.25) is 0 Å². The second kappa shape index (κ2) is 11.3. The lowest BCUT2D eigenvalue weighted by molar-refractivity contribution is -0.118. The zero-order valence-corrected chi connectivity index (χ0v) is 22.5. The van der Waals surface area contributed by atoms with E-state index in [1.54, 1.807) is 11.6 Å². The van der Waals surface area contributed by atoms with E-state index in [2.05, 4.69) is 15.2 Å². The van der Waals surface area contributed by atoms with Gasteiger partial charge in [0.1, 0.15) is 12.4 Å². The van der Waals surface area contributed by atoms with Gasteiger partial charge in [-0.05, 0) is 58.8 Å². The van der Waals surface area contributed by atoms with E-state index in [1.165, 1.54) is 29.7 Å². The number of amides is 1. The highest BCUT2D eigenvalue weighted by atomic mass is 32.2. The molecule has 4 rings (SSSR count). The molecule has 1 aromatic carbocycles. The number of aromatic nitrogens is 2. The van der Waals surface area contributed by atoms with Crippen molar-refractivity contribution in [2.75, 3.05) is 51.2 Å². The van der Waals surface area contributed by atoms with Gasteiger partial charge in [-0.15, -0.1) is 0 Å². The Morgan fingerprint density at radius 1 is 1.14 bits per heavy atom. The summed E-state index contributed by atoms with van der Waals surface area (Å²) >= 11 is 0. The number of aryl methyl sites for hydroxylation is 1. The molecule has 1 amide bonds. The number of imidazole rings is 1. The van der Waals surface area contributed by atoms with E-state index in [1.807, 2.05) is 43.9 Å². The molecule has 2 aliphatic rings.